The molecule has 0 N–H and O–H groups in total. The fraction of sp³-hybridized carbons (Fsp3) is 0.444. The molecule has 1 aliphatic heterocycles. The van der Waals surface area contributed by atoms with Gasteiger partial charge in [0.05, 0.1) is 0 Å². The molecule has 1 heterocycles. The molecule has 1 aliphatic rings. The molecule has 102 valence electrons. The zero-order valence-electron chi connectivity index (χ0n) is 12.4. The normalized spacial score (nSPS) is 15.6. The van der Waals surface area contributed by atoms with Crippen LogP contribution in [0.5, 0.6) is 0 Å². The van der Waals surface area contributed by atoms with Crippen LogP contribution in [0, 0.1) is 0 Å². The first-order chi connectivity index (χ1) is 9.11. The number of hydrogen-bond acceptors (Lipinski definition) is 1. The minimum absolute atomic E-state index is 0.609. The molecule has 0 unspecified atom stereocenters. The van der Waals surface area contributed by atoms with Crippen molar-refractivity contribution < 1.29 is 0 Å². The molecule has 1 nitrogen and oxygen atoms in total. The highest BCUT2D eigenvalue weighted by atomic mass is 15.1. The molecule has 0 radical (unpaired) electrons. The molecule has 0 saturated carbocycles. The standard InChI is InChI=1S/C18H25N/c1-5-15(4)19-12-10-18(11-13-19)17-8-6-16(7-9-17)14(2)3/h6-10,14H,4-5,11-13H2,1-3H3. The maximum Gasteiger partial charge on any atom is 0.0362 e. The Labute approximate surface area is 117 Å². The van der Waals surface area contributed by atoms with E-state index in [4.69, 9.17) is 0 Å². The van der Waals surface area contributed by atoms with Crippen LogP contribution in [-0.4, -0.2) is 18.0 Å². The van der Waals surface area contributed by atoms with Gasteiger partial charge in [0.1, 0.15) is 0 Å². The second kappa shape index (κ2) is 6.10. The summed E-state index contributed by atoms with van der Waals surface area (Å²) in [6.07, 6.45) is 4.53. The van der Waals surface area contributed by atoms with Crippen LogP contribution in [0.2, 0.25) is 0 Å². The molecule has 1 heteroatoms. The molecule has 19 heavy (non-hydrogen) atoms. The van der Waals surface area contributed by atoms with Gasteiger partial charge in [0, 0.05) is 18.8 Å². The maximum absolute atomic E-state index is 4.12. The Morgan fingerprint density at radius 1 is 1.26 bits per heavy atom. The van der Waals surface area contributed by atoms with Crippen molar-refractivity contribution in [2.75, 3.05) is 13.1 Å². The van der Waals surface area contributed by atoms with Crippen LogP contribution >= 0.6 is 0 Å². The third-order valence-corrected chi connectivity index (χ3v) is 4.01. The summed E-state index contributed by atoms with van der Waals surface area (Å²) in [5, 5.41) is 0. The third kappa shape index (κ3) is 3.28. The first-order valence-corrected chi connectivity index (χ1v) is 7.34. The number of allylic oxidation sites excluding steroid dienone is 1. The van der Waals surface area contributed by atoms with E-state index in [0.29, 0.717) is 5.92 Å². The molecular formula is C18H25N. The largest absolute Gasteiger partial charge is 0.371 e. The minimum Gasteiger partial charge on any atom is -0.371 e. The van der Waals surface area contributed by atoms with Gasteiger partial charge in [-0.25, -0.2) is 0 Å². The van der Waals surface area contributed by atoms with Gasteiger partial charge >= 0.3 is 0 Å². The lowest BCUT2D eigenvalue weighted by atomic mass is 9.95. The van der Waals surface area contributed by atoms with Crippen LogP contribution in [0.25, 0.3) is 5.57 Å². The summed E-state index contributed by atoms with van der Waals surface area (Å²) in [5.41, 5.74) is 5.54. The number of hydrogen-bond donors (Lipinski definition) is 0. The van der Waals surface area contributed by atoms with Crippen molar-refractivity contribution in [2.45, 2.75) is 39.5 Å². The third-order valence-electron chi connectivity index (χ3n) is 4.01. The van der Waals surface area contributed by atoms with Crippen molar-refractivity contribution in [1.29, 1.82) is 0 Å². The Kier molecular flexibility index (Phi) is 4.47. The molecule has 2 rings (SSSR count). The average Bonchev–Trinajstić information content (AvgIpc) is 2.46. The zero-order chi connectivity index (χ0) is 13.8. The predicted octanol–water partition coefficient (Wildman–Crippen LogP) is 4.82. The van der Waals surface area contributed by atoms with E-state index in [0.717, 1.165) is 25.9 Å². The van der Waals surface area contributed by atoms with Crippen LogP contribution in [0.1, 0.15) is 50.7 Å². The molecule has 1 aromatic carbocycles. The highest BCUT2D eigenvalue weighted by molar-refractivity contribution is 5.67. The van der Waals surface area contributed by atoms with E-state index in [1.54, 1.807) is 0 Å². The molecule has 1 aromatic rings. The number of benzene rings is 1. The quantitative estimate of drug-likeness (QED) is 0.745. The van der Waals surface area contributed by atoms with Gasteiger partial charge in [-0.3, -0.25) is 0 Å². The van der Waals surface area contributed by atoms with Gasteiger partial charge in [-0.05, 0) is 35.5 Å². The smallest absolute Gasteiger partial charge is 0.0362 e. The first-order valence-electron chi connectivity index (χ1n) is 7.34. The van der Waals surface area contributed by atoms with Gasteiger partial charge in [-0.15, -0.1) is 0 Å². The summed E-state index contributed by atoms with van der Waals surface area (Å²) in [6.45, 7) is 12.9. The molecule has 0 bridgehead atoms. The Balaban J connectivity index is 2.07. The molecule has 0 fully saturated rings. The maximum atomic E-state index is 4.12. The molecule has 0 aliphatic carbocycles. The van der Waals surface area contributed by atoms with Crippen LogP contribution in [0.3, 0.4) is 0 Å². The molecule has 0 atom stereocenters. The van der Waals surface area contributed by atoms with Crippen molar-refractivity contribution in [3.05, 3.63) is 53.7 Å². The SMILES string of the molecule is C=C(CC)N1CC=C(c2ccc(C(C)C)cc2)CC1. The molecule has 0 aromatic heterocycles. The Bertz CT molecular complexity index is 465. The lowest BCUT2D eigenvalue weighted by Crippen LogP contribution is -2.27. The topological polar surface area (TPSA) is 3.24 Å². The zero-order valence-corrected chi connectivity index (χ0v) is 12.4. The Morgan fingerprint density at radius 3 is 2.42 bits per heavy atom. The van der Waals surface area contributed by atoms with Crippen LogP contribution < -0.4 is 0 Å². The average molecular weight is 255 g/mol. The number of nitrogens with zero attached hydrogens (tertiary/aromatic N) is 1. The minimum atomic E-state index is 0.609. The van der Waals surface area contributed by atoms with E-state index in [-0.39, 0.29) is 0 Å². The highest BCUT2D eigenvalue weighted by Gasteiger charge is 2.13. The number of rotatable bonds is 4. The van der Waals surface area contributed by atoms with Crippen LogP contribution in [0.4, 0.5) is 0 Å². The van der Waals surface area contributed by atoms with E-state index < -0.39 is 0 Å². The Hall–Kier alpha value is -1.50. The lowest BCUT2D eigenvalue weighted by Gasteiger charge is -2.29. The van der Waals surface area contributed by atoms with Gasteiger partial charge in [-0.2, -0.15) is 0 Å². The van der Waals surface area contributed by atoms with Crippen LogP contribution in [0.15, 0.2) is 42.6 Å². The summed E-state index contributed by atoms with van der Waals surface area (Å²) in [4.78, 5) is 2.38. The Morgan fingerprint density at radius 2 is 1.95 bits per heavy atom. The molecule has 0 amide bonds. The molecule has 0 saturated heterocycles. The summed E-state index contributed by atoms with van der Waals surface area (Å²) in [7, 11) is 0. The van der Waals surface area contributed by atoms with Gasteiger partial charge in [-0.1, -0.05) is 57.7 Å². The van der Waals surface area contributed by atoms with E-state index >= 15 is 0 Å². The van der Waals surface area contributed by atoms with E-state index in [1.807, 2.05) is 0 Å². The first kappa shape index (κ1) is 13.9. The predicted molar refractivity (Wildman–Crippen MR) is 84.1 cm³/mol. The lowest BCUT2D eigenvalue weighted by molar-refractivity contribution is 0.370. The van der Waals surface area contributed by atoms with E-state index in [1.165, 1.54) is 22.4 Å². The fourth-order valence-corrected chi connectivity index (χ4v) is 2.52. The molecular weight excluding hydrogens is 230 g/mol. The van der Waals surface area contributed by atoms with Gasteiger partial charge in [0.15, 0.2) is 0 Å². The summed E-state index contributed by atoms with van der Waals surface area (Å²) < 4.78 is 0. The van der Waals surface area contributed by atoms with Gasteiger partial charge in [0.2, 0.25) is 0 Å². The fourth-order valence-electron chi connectivity index (χ4n) is 2.52. The van der Waals surface area contributed by atoms with Crippen molar-refractivity contribution >= 4 is 5.57 Å². The summed E-state index contributed by atoms with van der Waals surface area (Å²) in [6, 6.07) is 9.06. The van der Waals surface area contributed by atoms with Gasteiger partial charge in [0.25, 0.3) is 0 Å². The van der Waals surface area contributed by atoms with Crippen molar-refractivity contribution in [2.24, 2.45) is 0 Å². The monoisotopic (exact) mass is 255 g/mol. The van der Waals surface area contributed by atoms with E-state index in [2.05, 4.69) is 62.6 Å². The summed E-state index contributed by atoms with van der Waals surface area (Å²) >= 11 is 0. The van der Waals surface area contributed by atoms with Crippen LogP contribution in [-0.2, 0) is 0 Å². The van der Waals surface area contributed by atoms with Crippen molar-refractivity contribution in [1.82, 2.24) is 4.90 Å². The van der Waals surface area contributed by atoms with Gasteiger partial charge < -0.3 is 4.90 Å². The van der Waals surface area contributed by atoms with Crippen molar-refractivity contribution in [3.8, 4) is 0 Å². The second-order valence-electron chi connectivity index (χ2n) is 5.62. The molecule has 0 spiro atoms. The summed E-state index contributed by atoms with van der Waals surface area (Å²) in [5.74, 6) is 0.609. The second-order valence-corrected chi connectivity index (χ2v) is 5.62. The van der Waals surface area contributed by atoms with E-state index in [9.17, 15) is 0 Å². The van der Waals surface area contributed by atoms with Crippen molar-refractivity contribution in [3.63, 3.8) is 0 Å². The highest BCUT2D eigenvalue weighted by Crippen LogP contribution is 2.25.